The van der Waals surface area contributed by atoms with Crippen LogP contribution in [0.4, 0.5) is 5.69 Å². The molecule has 0 radical (unpaired) electrons. The molecule has 1 saturated carbocycles. The molecule has 2 aromatic carbocycles. The molecule has 0 bridgehead atoms. The van der Waals surface area contributed by atoms with E-state index in [1.807, 2.05) is 18.2 Å². The van der Waals surface area contributed by atoms with Crippen LogP contribution < -0.4 is 10.2 Å². The summed E-state index contributed by atoms with van der Waals surface area (Å²) in [5.74, 6) is 0.265. The summed E-state index contributed by atoms with van der Waals surface area (Å²) in [5, 5.41) is 4.66. The Hall–Kier alpha value is -2.69. The fourth-order valence-electron chi connectivity index (χ4n) is 4.79. The van der Waals surface area contributed by atoms with Crippen LogP contribution in [0, 0.1) is 0 Å². The van der Waals surface area contributed by atoms with Crippen LogP contribution in [-0.2, 0) is 9.59 Å². The summed E-state index contributed by atoms with van der Waals surface area (Å²) >= 11 is 0. The predicted molar refractivity (Wildman–Crippen MR) is 110 cm³/mol. The van der Waals surface area contributed by atoms with Gasteiger partial charge in [-0.15, -0.1) is 0 Å². The molecule has 146 valence electrons. The summed E-state index contributed by atoms with van der Waals surface area (Å²) < 4.78 is 0. The van der Waals surface area contributed by atoms with Crippen LogP contribution in [0.1, 0.15) is 66.8 Å². The highest BCUT2D eigenvalue weighted by Gasteiger charge is 2.35. The minimum atomic E-state index is -0.638. The summed E-state index contributed by atoms with van der Waals surface area (Å²) in [5.41, 5.74) is 2.78. The van der Waals surface area contributed by atoms with Crippen molar-refractivity contribution >= 4 is 34.6 Å². The van der Waals surface area contributed by atoms with Gasteiger partial charge in [-0.1, -0.05) is 37.5 Å². The lowest BCUT2D eigenvalue weighted by atomic mass is 9.81. The lowest BCUT2D eigenvalue weighted by molar-refractivity contribution is -0.120. The normalized spacial score (nSPS) is 17.8. The number of aldehydes is 1. The molecule has 2 aliphatic rings. The number of rotatable bonds is 6. The van der Waals surface area contributed by atoms with E-state index in [2.05, 4.69) is 17.4 Å². The van der Waals surface area contributed by atoms with Crippen molar-refractivity contribution in [1.82, 2.24) is 5.32 Å². The highest BCUT2D eigenvalue weighted by Crippen LogP contribution is 2.44. The van der Waals surface area contributed by atoms with Gasteiger partial charge in [0.05, 0.1) is 11.7 Å². The molecule has 1 atom stereocenters. The summed E-state index contributed by atoms with van der Waals surface area (Å²) in [6.07, 6.45) is 7.51. The Morgan fingerprint density at radius 2 is 2.00 bits per heavy atom. The first-order chi connectivity index (χ1) is 13.7. The van der Waals surface area contributed by atoms with E-state index >= 15 is 0 Å². The molecular formula is C23H26N2O3. The highest BCUT2D eigenvalue weighted by atomic mass is 16.2. The van der Waals surface area contributed by atoms with E-state index in [0.29, 0.717) is 17.9 Å². The standard InChI is InChI=1S/C23H26N2O3/c1-24-21(27)13-10-16(14-26)25-20-12-11-17(15-6-3-2-4-7-15)18-8-5-9-19(22(18)20)23(25)28/h5,8-9,11-12,14-16H,2-4,6-7,10,13H2,1H3,(H,24,27). The molecule has 5 nitrogen and oxygen atoms in total. The van der Waals surface area contributed by atoms with E-state index in [1.54, 1.807) is 11.9 Å². The number of hydrogen-bond acceptors (Lipinski definition) is 3. The molecule has 1 fully saturated rings. The quantitative estimate of drug-likeness (QED) is 0.774. The third kappa shape index (κ3) is 3.09. The predicted octanol–water partition coefficient (Wildman–Crippen LogP) is 3.94. The largest absolute Gasteiger partial charge is 0.359 e. The summed E-state index contributed by atoms with van der Waals surface area (Å²) in [7, 11) is 1.57. The van der Waals surface area contributed by atoms with Crippen LogP contribution in [0.5, 0.6) is 0 Å². The summed E-state index contributed by atoms with van der Waals surface area (Å²) in [6.45, 7) is 0. The van der Waals surface area contributed by atoms with Gasteiger partial charge in [-0.3, -0.25) is 14.5 Å². The fraction of sp³-hybridized carbons (Fsp3) is 0.435. The third-order valence-corrected chi connectivity index (χ3v) is 6.24. The van der Waals surface area contributed by atoms with Crippen molar-refractivity contribution < 1.29 is 14.4 Å². The molecule has 0 saturated heterocycles. The van der Waals surface area contributed by atoms with Crippen molar-refractivity contribution in [3.8, 4) is 0 Å². The maximum absolute atomic E-state index is 13.1. The topological polar surface area (TPSA) is 66.5 Å². The van der Waals surface area contributed by atoms with Crippen molar-refractivity contribution in [3.63, 3.8) is 0 Å². The SMILES string of the molecule is CNC(=O)CCC(C=O)N1C(=O)c2cccc3c(C4CCCCC4)ccc1c23. The number of amides is 2. The molecule has 2 aromatic rings. The second-order valence-corrected chi connectivity index (χ2v) is 7.83. The monoisotopic (exact) mass is 378 g/mol. The van der Waals surface area contributed by atoms with Gasteiger partial charge in [-0.2, -0.15) is 0 Å². The zero-order valence-corrected chi connectivity index (χ0v) is 16.2. The summed E-state index contributed by atoms with van der Waals surface area (Å²) in [6, 6.07) is 9.39. The molecule has 2 amide bonds. The molecule has 1 aliphatic carbocycles. The van der Waals surface area contributed by atoms with Crippen LogP contribution in [0.3, 0.4) is 0 Å². The maximum atomic E-state index is 13.1. The minimum Gasteiger partial charge on any atom is -0.359 e. The van der Waals surface area contributed by atoms with Crippen molar-refractivity contribution in [2.75, 3.05) is 11.9 Å². The summed E-state index contributed by atoms with van der Waals surface area (Å²) in [4.78, 5) is 38.2. The molecule has 1 heterocycles. The third-order valence-electron chi connectivity index (χ3n) is 6.24. The molecule has 1 N–H and O–H groups in total. The Morgan fingerprint density at radius 3 is 2.71 bits per heavy atom. The molecule has 5 heteroatoms. The maximum Gasteiger partial charge on any atom is 0.259 e. The van der Waals surface area contributed by atoms with Crippen LogP contribution >= 0.6 is 0 Å². The number of nitrogens with zero attached hydrogens (tertiary/aromatic N) is 1. The van der Waals surface area contributed by atoms with Crippen LogP contribution in [0.2, 0.25) is 0 Å². The fourth-order valence-corrected chi connectivity index (χ4v) is 4.79. The molecule has 28 heavy (non-hydrogen) atoms. The first kappa shape index (κ1) is 18.7. The first-order valence-electron chi connectivity index (χ1n) is 10.2. The van der Waals surface area contributed by atoms with Crippen molar-refractivity contribution in [2.45, 2.75) is 56.9 Å². The Bertz CT molecular complexity index is 931. The van der Waals surface area contributed by atoms with E-state index in [4.69, 9.17) is 0 Å². The second kappa shape index (κ2) is 7.74. The molecule has 0 spiro atoms. The van der Waals surface area contributed by atoms with Gasteiger partial charge in [0.2, 0.25) is 5.91 Å². The number of carbonyl (C=O) groups excluding carboxylic acids is 3. The van der Waals surface area contributed by atoms with Gasteiger partial charge in [-0.25, -0.2) is 0 Å². The van der Waals surface area contributed by atoms with Gasteiger partial charge in [0, 0.05) is 24.4 Å². The highest BCUT2D eigenvalue weighted by molar-refractivity contribution is 6.26. The zero-order chi connectivity index (χ0) is 19.7. The number of benzene rings is 2. The van der Waals surface area contributed by atoms with E-state index in [1.165, 1.54) is 37.7 Å². The van der Waals surface area contributed by atoms with E-state index in [0.717, 1.165) is 22.7 Å². The minimum absolute atomic E-state index is 0.131. The lowest BCUT2D eigenvalue weighted by Gasteiger charge is -2.26. The van der Waals surface area contributed by atoms with Gasteiger partial charge in [0.25, 0.3) is 5.91 Å². The van der Waals surface area contributed by atoms with Gasteiger partial charge in [0.1, 0.15) is 6.29 Å². The van der Waals surface area contributed by atoms with Gasteiger partial charge >= 0.3 is 0 Å². The Morgan fingerprint density at radius 1 is 1.21 bits per heavy atom. The average Bonchev–Trinajstić information content (AvgIpc) is 3.03. The van der Waals surface area contributed by atoms with Crippen molar-refractivity contribution in [3.05, 3.63) is 41.5 Å². The van der Waals surface area contributed by atoms with E-state index in [-0.39, 0.29) is 18.2 Å². The first-order valence-corrected chi connectivity index (χ1v) is 10.2. The van der Waals surface area contributed by atoms with Gasteiger partial charge in [-0.05, 0) is 48.3 Å². The Balaban J connectivity index is 1.74. The zero-order valence-electron chi connectivity index (χ0n) is 16.2. The van der Waals surface area contributed by atoms with Crippen LogP contribution in [-0.4, -0.2) is 31.2 Å². The molecule has 0 aromatic heterocycles. The second-order valence-electron chi connectivity index (χ2n) is 7.83. The van der Waals surface area contributed by atoms with Crippen molar-refractivity contribution in [1.29, 1.82) is 0 Å². The lowest BCUT2D eigenvalue weighted by Crippen LogP contribution is -2.39. The van der Waals surface area contributed by atoms with E-state index in [9.17, 15) is 14.4 Å². The van der Waals surface area contributed by atoms with E-state index < -0.39 is 6.04 Å². The molecular weight excluding hydrogens is 352 g/mol. The molecule has 4 rings (SSSR count). The number of carbonyl (C=O) groups is 3. The number of nitrogens with one attached hydrogen (secondary N) is 1. The van der Waals surface area contributed by atoms with Crippen molar-refractivity contribution in [2.24, 2.45) is 0 Å². The smallest absolute Gasteiger partial charge is 0.259 e. The number of anilines is 1. The van der Waals surface area contributed by atoms with Gasteiger partial charge in [0.15, 0.2) is 0 Å². The Kier molecular flexibility index (Phi) is 5.16. The average molecular weight is 378 g/mol. The van der Waals surface area contributed by atoms with Crippen LogP contribution in [0.25, 0.3) is 10.8 Å². The van der Waals surface area contributed by atoms with Gasteiger partial charge < -0.3 is 10.1 Å². The molecule has 1 aliphatic heterocycles. The Labute approximate surface area is 165 Å². The van der Waals surface area contributed by atoms with Crippen LogP contribution in [0.15, 0.2) is 30.3 Å². The molecule has 1 unspecified atom stereocenters. The number of hydrogen-bond donors (Lipinski definition) is 1.